The van der Waals surface area contributed by atoms with Crippen LogP contribution in [0.5, 0.6) is 0 Å². The van der Waals surface area contributed by atoms with Crippen LogP contribution in [0.3, 0.4) is 0 Å². The highest BCUT2D eigenvalue weighted by Gasteiger charge is 2.23. The molecule has 82 valence electrons. The normalized spacial score (nSPS) is 14.9. The van der Waals surface area contributed by atoms with Crippen LogP contribution in [0.15, 0.2) is 17.6 Å². The van der Waals surface area contributed by atoms with Crippen LogP contribution in [-0.2, 0) is 13.0 Å². The molecule has 1 aliphatic rings. The van der Waals surface area contributed by atoms with E-state index in [4.69, 9.17) is 0 Å². The van der Waals surface area contributed by atoms with Gasteiger partial charge in [-0.3, -0.25) is 4.79 Å². The van der Waals surface area contributed by atoms with E-state index >= 15 is 0 Å². The van der Waals surface area contributed by atoms with Crippen molar-refractivity contribution >= 4 is 17.2 Å². The lowest BCUT2D eigenvalue weighted by atomic mass is 10.1. The van der Waals surface area contributed by atoms with Crippen molar-refractivity contribution in [2.45, 2.75) is 13.0 Å². The number of carbonyl (C=O) groups is 1. The molecule has 16 heavy (non-hydrogen) atoms. The van der Waals surface area contributed by atoms with Gasteiger partial charge in [-0.2, -0.15) is 15.4 Å². The van der Waals surface area contributed by atoms with Gasteiger partial charge in [0.05, 0.1) is 6.20 Å². The number of fused-ring (bicyclic) bond motifs is 1. The average Bonchev–Trinajstić information content (AvgIpc) is 2.98. The van der Waals surface area contributed by atoms with Gasteiger partial charge in [0.15, 0.2) is 5.69 Å². The van der Waals surface area contributed by atoms with Gasteiger partial charge in [-0.25, -0.2) is 0 Å². The summed E-state index contributed by atoms with van der Waals surface area (Å²) < 4.78 is 0. The van der Waals surface area contributed by atoms with Crippen LogP contribution in [0.25, 0.3) is 0 Å². The fourth-order valence-electron chi connectivity index (χ4n) is 1.89. The Labute approximate surface area is 96.1 Å². The molecule has 1 amide bonds. The number of H-pyrrole nitrogens is 1. The number of amides is 1. The van der Waals surface area contributed by atoms with E-state index in [-0.39, 0.29) is 5.91 Å². The predicted octanol–water partition coefficient (Wildman–Crippen LogP) is 1.06. The molecule has 0 fully saturated rings. The molecule has 0 atom stereocenters. The van der Waals surface area contributed by atoms with Crippen molar-refractivity contribution in [3.05, 3.63) is 33.8 Å². The number of thiophene rings is 1. The summed E-state index contributed by atoms with van der Waals surface area (Å²) in [5.41, 5.74) is 1.65. The molecular formula is C10H10N4OS. The standard InChI is InChI=1S/C10H10N4OS/c15-10(8-5-11-13-12-8)14-3-1-9-7(6-14)2-4-16-9/h2,4-5H,1,3,6H2,(H,11,12,13). The molecule has 1 N–H and O–H groups in total. The van der Waals surface area contributed by atoms with Crippen molar-refractivity contribution < 1.29 is 4.79 Å². The summed E-state index contributed by atoms with van der Waals surface area (Å²) in [4.78, 5) is 15.2. The summed E-state index contributed by atoms with van der Waals surface area (Å²) in [5, 5.41) is 12.0. The second kappa shape index (κ2) is 3.71. The zero-order valence-corrected chi connectivity index (χ0v) is 9.33. The lowest BCUT2D eigenvalue weighted by molar-refractivity contribution is 0.0730. The van der Waals surface area contributed by atoms with Gasteiger partial charge in [0.25, 0.3) is 5.91 Å². The zero-order valence-electron chi connectivity index (χ0n) is 8.51. The second-order valence-corrected chi connectivity index (χ2v) is 4.70. The van der Waals surface area contributed by atoms with Crippen LogP contribution in [-0.4, -0.2) is 32.8 Å². The minimum absolute atomic E-state index is 0.0504. The highest BCUT2D eigenvalue weighted by molar-refractivity contribution is 7.10. The lowest BCUT2D eigenvalue weighted by Gasteiger charge is -2.26. The van der Waals surface area contributed by atoms with Crippen molar-refractivity contribution in [3.8, 4) is 0 Å². The molecule has 0 radical (unpaired) electrons. The van der Waals surface area contributed by atoms with Gasteiger partial charge in [0, 0.05) is 18.0 Å². The fourth-order valence-corrected chi connectivity index (χ4v) is 2.78. The van der Waals surface area contributed by atoms with Gasteiger partial charge >= 0.3 is 0 Å². The molecule has 0 aliphatic carbocycles. The molecule has 0 saturated carbocycles. The Hall–Kier alpha value is -1.69. The van der Waals surface area contributed by atoms with Crippen LogP contribution >= 0.6 is 11.3 Å². The quantitative estimate of drug-likeness (QED) is 0.802. The first kappa shape index (κ1) is 9.53. The number of nitrogens with zero attached hydrogens (tertiary/aromatic N) is 3. The van der Waals surface area contributed by atoms with E-state index in [0.717, 1.165) is 13.0 Å². The Bertz CT molecular complexity index is 505. The van der Waals surface area contributed by atoms with E-state index in [1.165, 1.54) is 16.6 Å². The van der Waals surface area contributed by atoms with E-state index in [0.29, 0.717) is 12.2 Å². The number of hydrogen-bond acceptors (Lipinski definition) is 4. The minimum atomic E-state index is -0.0504. The number of carbonyl (C=O) groups excluding carboxylic acids is 1. The van der Waals surface area contributed by atoms with E-state index in [9.17, 15) is 4.79 Å². The second-order valence-electron chi connectivity index (χ2n) is 3.70. The summed E-state index contributed by atoms with van der Waals surface area (Å²) >= 11 is 1.76. The van der Waals surface area contributed by atoms with Crippen LogP contribution in [0.4, 0.5) is 0 Å². The topological polar surface area (TPSA) is 61.9 Å². The van der Waals surface area contributed by atoms with Crippen LogP contribution in [0.2, 0.25) is 0 Å². The zero-order chi connectivity index (χ0) is 11.0. The van der Waals surface area contributed by atoms with Crippen LogP contribution in [0, 0.1) is 0 Å². The van der Waals surface area contributed by atoms with Crippen molar-refractivity contribution in [2.75, 3.05) is 6.54 Å². The molecule has 0 saturated heterocycles. The van der Waals surface area contributed by atoms with Gasteiger partial charge < -0.3 is 4.90 Å². The van der Waals surface area contributed by atoms with E-state index in [1.54, 1.807) is 11.3 Å². The number of nitrogens with one attached hydrogen (secondary N) is 1. The van der Waals surface area contributed by atoms with Crippen molar-refractivity contribution in [3.63, 3.8) is 0 Å². The maximum absolute atomic E-state index is 12.0. The largest absolute Gasteiger partial charge is 0.332 e. The first-order valence-corrected chi connectivity index (χ1v) is 5.93. The Morgan fingerprint density at radius 2 is 2.50 bits per heavy atom. The number of aromatic amines is 1. The van der Waals surface area contributed by atoms with Gasteiger partial charge in [0.1, 0.15) is 0 Å². The smallest absolute Gasteiger partial charge is 0.276 e. The summed E-state index contributed by atoms with van der Waals surface area (Å²) in [6, 6.07) is 2.09. The molecule has 2 aromatic heterocycles. The van der Waals surface area contributed by atoms with Gasteiger partial charge in [-0.1, -0.05) is 0 Å². The molecular weight excluding hydrogens is 224 g/mol. The van der Waals surface area contributed by atoms with Gasteiger partial charge in [0.2, 0.25) is 0 Å². The van der Waals surface area contributed by atoms with E-state index < -0.39 is 0 Å². The molecule has 3 rings (SSSR count). The Morgan fingerprint density at radius 1 is 1.56 bits per heavy atom. The monoisotopic (exact) mass is 234 g/mol. The third-order valence-corrected chi connectivity index (χ3v) is 3.75. The summed E-state index contributed by atoms with van der Waals surface area (Å²) in [6.07, 6.45) is 2.40. The lowest BCUT2D eigenvalue weighted by Crippen LogP contribution is -2.35. The predicted molar refractivity (Wildman–Crippen MR) is 59.1 cm³/mol. The van der Waals surface area contributed by atoms with Crippen molar-refractivity contribution in [1.29, 1.82) is 0 Å². The van der Waals surface area contributed by atoms with Crippen molar-refractivity contribution in [2.24, 2.45) is 0 Å². The molecule has 5 nitrogen and oxygen atoms in total. The molecule has 0 bridgehead atoms. The maximum atomic E-state index is 12.0. The van der Waals surface area contributed by atoms with Crippen LogP contribution < -0.4 is 0 Å². The summed E-state index contributed by atoms with van der Waals surface area (Å²) in [6.45, 7) is 1.45. The van der Waals surface area contributed by atoms with Gasteiger partial charge in [-0.05, 0) is 23.4 Å². The minimum Gasteiger partial charge on any atom is -0.332 e. The molecule has 1 aliphatic heterocycles. The van der Waals surface area contributed by atoms with Crippen LogP contribution in [0.1, 0.15) is 20.9 Å². The SMILES string of the molecule is O=C(c1cn[nH]n1)N1CCc2sccc2C1. The third kappa shape index (κ3) is 1.51. The third-order valence-electron chi connectivity index (χ3n) is 2.73. The Balaban J connectivity index is 1.81. The highest BCUT2D eigenvalue weighted by Crippen LogP contribution is 2.24. The van der Waals surface area contributed by atoms with E-state index in [1.807, 2.05) is 4.90 Å². The first-order valence-electron chi connectivity index (χ1n) is 5.05. The summed E-state index contributed by atoms with van der Waals surface area (Å²) in [7, 11) is 0. The fraction of sp³-hybridized carbons (Fsp3) is 0.300. The highest BCUT2D eigenvalue weighted by atomic mass is 32.1. The maximum Gasteiger partial charge on any atom is 0.276 e. The van der Waals surface area contributed by atoms with E-state index in [2.05, 4.69) is 26.9 Å². The summed E-state index contributed by atoms with van der Waals surface area (Å²) in [5.74, 6) is -0.0504. The first-order chi connectivity index (χ1) is 7.84. The Morgan fingerprint density at radius 3 is 3.31 bits per heavy atom. The molecule has 2 aromatic rings. The Kier molecular flexibility index (Phi) is 2.21. The molecule has 3 heterocycles. The molecule has 6 heteroatoms. The number of rotatable bonds is 1. The number of aromatic nitrogens is 3. The number of hydrogen-bond donors (Lipinski definition) is 1. The van der Waals surface area contributed by atoms with Gasteiger partial charge in [-0.15, -0.1) is 11.3 Å². The average molecular weight is 234 g/mol. The van der Waals surface area contributed by atoms with Crippen molar-refractivity contribution in [1.82, 2.24) is 20.3 Å². The molecule has 0 unspecified atom stereocenters. The molecule has 0 spiro atoms. The molecule has 0 aromatic carbocycles.